The maximum atomic E-state index is 12.5. The molecule has 0 saturated carbocycles. The van der Waals surface area contributed by atoms with Gasteiger partial charge < -0.3 is 16.0 Å². The summed E-state index contributed by atoms with van der Waals surface area (Å²) in [5, 5.41) is 7.56. The summed E-state index contributed by atoms with van der Waals surface area (Å²) in [6.45, 7) is 0.750. The molecule has 2 amide bonds. The number of rotatable bonds is 5. The number of halogens is 1. The number of nitrogens with one attached hydrogen (secondary N) is 1. The van der Waals surface area contributed by atoms with Crippen LogP contribution in [0.1, 0.15) is 18.4 Å². The lowest BCUT2D eigenvalue weighted by molar-refractivity contribution is -0.137. The highest BCUT2D eigenvalue weighted by Crippen LogP contribution is 2.20. The predicted molar refractivity (Wildman–Crippen MR) is 92.0 cm³/mol. The molecule has 3 N–H and O–H groups in total. The molecule has 1 saturated heterocycles. The highest BCUT2D eigenvalue weighted by molar-refractivity contribution is 6.30. The molecule has 1 aromatic carbocycles. The highest BCUT2D eigenvalue weighted by atomic mass is 35.5. The fraction of sp³-hybridized carbons (Fsp3) is 0.375. The Morgan fingerprint density at radius 2 is 2.24 bits per heavy atom. The number of hydrogen-bond acceptors (Lipinski definition) is 5. The Kier molecular flexibility index (Phi) is 5.30. The van der Waals surface area contributed by atoms with E-state index < -0.39 is 6.04 Å². The van der Waals surface area contributed by atoms with Crippen LogP contribution in [0.15, 0.2) is 30.9 Å². The fourth-order valence-corrected chi connectivity index (χ4v) is 3.20. The second-order valence-electron chi connectivity index (χ2n) is 5.78. The Morgan fingerprint density at radius 3 is 2.96 bits per heavy atom. The first-order chi connectivity index (χ1) is 12.1. The molecule has 2 aromatic rings. The van der Waals surface area contributed by atoms with E-state index in [0.29, 0.717) is 18.0 Å². The average Bonchev–Trinajstić information content (AvgIpc) is 3.30. The van der Waals surface area contributed by atoms with Crippen molar-refractivity contribution in [2.75, 3.05) is 13.1 Å². The molecule has 1 fully saturated rings. The molecule has 1 atom stereocenters. The van der Waals surface area contributed by atoms with Gasteiger partial charge >= 0.3 is 0 Å². The largest absolute Gasteiger partial charge is 0.350 e. The number of aromatic nitrogens is 3. The molecule has 0 spiro atoms. The summed E-state index contributed by atoms with van der Waals surface area (Å²) >= 11 is 6.08. The van der Waals surface area contributed by atoms with Gasteiger partial charge in [-0.05, 0) is 36.6 Å². The molecule has 0 unspecified atom stereocenters. The molecule has 1 aromatic heterocycles. The van der Waals surface area contributed by atoms with Crippen molar-refractivity contribution in [3.05, 3.63) is 41.4 Å². The Hall–Kier alpha value is -2.45. The van der Waals surface area contributed by atoms with Crippen molar-refractivity contribution in [3.8, 4) is 5.69 Å². The van der Waals surface area contributed by atoms with Gasteiger partial charge in [-0.2, -0.15) is 5.10 Å². The molecule has 132 valence electrons. The van der Waals surface area contributed by atoms with Gasteiger partial charge in [-0.25, -0.2) is 9.67 Å². The standard InChI is InChI=1S/C16H19ClN6O2/c17-12-3-4-13(23-10-19-9-21-23)11(6-12)8-20-16(25)14-2-1-5-22(14)15(24)7-18/h3-4,6,9-10,14H,1-2,5,7-8,18H2,(H,20,25)/t14-/m0/s1. The van der Waals surface area contributed by atoms with Crippen molar-refractivity contribution in [2.45, 2.75) is 25.4 Å². The summed E-state index contributed by atoms with van der Waals surface area (Å²) < 4.78 is 1.61. The first-order valence-corrected chi connectivity index (χ1v) is 8.38. The van der Waals surface area contributed by atoms with E-state index in [9.17, 15) is 9.59 Å². The summed E-state index contributed by atoms with van der Waals surface area (Å²) in [5.41, 5.74) is 7.00. The second-order valence-corrected chi connectivity index (χ2v) is 6.22. The van der Waals surface area contributed by atoms with Gasteiger partial charge in [0.2, 0.25) is 11.8 Å². The monoisotopic (exact) mass is 362 g/mol. The van der Waals surface area contributed by atoms with Crippen LogP contribution in [-0.4, -0.2) is 50.6 Å². The Bertz CT molecular complexity index is 764. The van der Waals surface area contributed by atoms with Gasteiger partial charge in [0.25, 0.3) is 0 Å². The fourth-order valence-electron chi connectivity index (χ4n) is 3.01. The van der Waals surface area contributed by atoms with Crippen molar-refractivity contribution in [3.63, 3.8) is 0 Å². The molecule has 1 aliphatic rings. The maximum Gasteiger partial charge on any atom is 0.243 e. The number of nitrogens with two attached hydrogens (primary N) is 1. The van der Waals surface area contributed by atoms with Crippen LogP contribution >= 0.6 is 11.6 Å². The SMILES string of the molecule is NCC(=O)N1CCC[C@H]1C(=O)NCc1cc(Cl)ccc1-n1cncn1. The smallest absolute Gasteiger partial charge is 0.243 e. The molecular formula is C16H19ClN6O2. The highest BCUT2D eigenvalue weighted by Gasteiger charge is 2.33. The molecule has 8 nitrogen and oxygen atoms in total. The number of carbonyl (C=O) groups is 2. The molecule has 9 heteroatoms. The summed E-state index contributed by atoms with van der Waals surface area (Å²) in [6.07, 6.45) is 4.45. The van der Waals surface area contributed by atoms with E-state index in [1.54, 1.807) is 28.0 Å². The molecule has 1 aliphatic heterocycles. The van der Waals surface area contributed by atoms with E-state index in [4.69, 9.17) is 17.3 Å². The number of nitrogens with zero attached hydrogens (tertiary/aromatic N) is 4. The normalized spacial score (nSPS) is 16.9. The predicted octanol–water partition coefficient (Wildman–Crippen LogP) is 0.487. The zero-order valence-electron chi connectivity index (χ0n) is 13.6. The molecule has 3 rings (SSSR count). The summed E-state index contributed by atoms with van der Waals surface area (Å²) in [6, 6.07) is 4.88. The molecule has 2 heterocycles. The molecule has 25 heavy (non-hydrogen) atoms. The van der Waals surface area contributed by atoms with Crippen LogP contribution in [0.4, 0.5) is 0 Å². The van der Waals surface area contributed by atoms with Gasteiger partial charge in [0.1, 0.15) is 18.7 Å². The molecule has 0 bridgehead atoms. The summed E-state index contributed by atoms with van der Waals surface area (Å²) in [7, 11) is 0. The van der Waals surface area contributed by atoms with Crippen LogP contribution in [-0.2, 0) is 16.1 Å². The van der Waals surface area contributed by atoms with Crippen LogP contribution in [0.25, 0.3) is 5.69 Å². The van der Waals surface area contributed by atoms with E-state index in [1.807, 2.05) is 6.07 Å². The minimum atomic E-state index is -0.468. The Balaban J connectivity index is 1.72. The first-order valence-electron chi connectivity index (χ1n) is 8.01. The number of hydrogen-bond donors (Lipinski definition) is 2. The third-order valence-corrected chi connectivity index (χ3v) is 4.45. The number of likely N-dealkylation sites (tertiary alicyclic amines) is 1. The van der Waals surface area contributed by atoms with Gasteiger partial charge in [0.05, 0.1) is 12.2 Å². The summed E-state index contributed by atoms with van der Waals surface area (Å²) in [4.78, 5) is 29.8. The molecule has 0 aliphatic carbocycles. The van der Waals surface area contributed by atoms with Crippen LogP contribution in [0.5, 0.6) is 0 Å². The lowest BCUT2D eigenvalue weighted by atomic mass is 10.1. The molecule has 0 radical (unpaired) electrons. The zero-order valence-corrected chi connectivity index (χ0v) is 14.3. The Morgan fingerprint density at radius 1 is 1.40 bits per heavy atom. The van der Waals surface area contributed by atoms with Crippen molar-refractivity contribution < 1.29 is 9.59 Å². The quantitative estimate of drug-likeness (QED) is 0.805. The van der Waals surface area contributed by atoms with Gasteiger partial charge in [0.15, 0.2) is 0 Å². The van der Waals surface area contributed by atoms with Gasteiger partial charge in [-0.15, -0.1) is 0 Å². The van der Waals surface area contributed by atoms with Gasteiger partial charge in [0, 0.05) is 18.1 Å². The average molecular weight is 363 g/mol. The van der Waals surface area contributed by atoms with Crippen molar-refractivity contribution in [1.82, 2.24) is 25.0 Å². The van der Waals surface area contributed by atoms with Crippen LogP contribution in [0.3, 0.4) is 0 Å². The minimum absolute atomic E-state index is 0.0888. The lowest BCUT2D eigenvalue weighted by Crippen LogP contribution is -2.47. The van der Waals surface area contributed by atoms with E-state index in [0.717, 1.165) is 17.7 Å². The van der Waals surface area contributed by atoms with E-state index in [2.05, 4.69) is 15.4 Å². The van der Waals surface area contributed by atoms with Crippen LogP contribution in [0, 0.1) is 0 Å². The number of amides is 2. The lowest BCUT2D eigenvalue weighted by Gasteiger charge is -2.23. The van der Waals surface area contributed by atoms with Crippen LogP contribution < -0.4 is 11.1 Å². The topological polar surface area (TPSA) is 106 Å². The molecular weight excluding hydrogens is 344 g/mol. The third-order valence-electron chi connectivity index (χ3n) is 4.21. The van der Waals surface area contributed by atoms with Gasteiger partial charge in [-0.3, -0.25) is 9.59 Å². The van der Waals surface area contributed by atoms with Crippen molar-refractivity contribution in [1.29, 1.82) is 0 Å². The number of benzene rings is 1. The number of carbonyl (C=O) groups excluding carboxylic acids is 2. The van der Waals surface area contributed by atoms with Gasteiger partial charge in [-0.1, -0.05) is 11.6 Å². The van der Waals surface area contributed by atoms with E-state index in [1.165, 1.54) is 6.33 Å². The first kappa shape index (κ1) is 17.4. The van der Waals surface area contributed by atoms with Crippen LogP contribution in [0.2, 0.25) is 5.02 Å². The second kappa shape index (κ2) is 7.62. The summed E-state index contributed by atoms with van der Waals surface area (Å²) in [5.74, 6) is -0.396. The van der Waals surface area contributed by atoms with E-state index in [-0.39, 0.29) is 24.9 Å². The Labute approximate surface area is 150 Å². The van der Waals surface area contributed by atoms with Crippen molar-refractivity contribution in [2.24, 2.45) is 5.73 Å². The maximum absolute atomic E-state index is 12.5. The van der Waals surface area contributed by atoms with Crippen molar-refractivity contribution >= 4 is 23.4 Å². The zero-order chi connectivity index (χ0) is 17.8. The van der Waals surface area contributed by atoms with E-state index >= 15 is 0 Å². The minimum Gasteiger partial charge on any atom is -0.350 e. The third kappa shape index (κ3) is 3.80.